The Morgan fingerprint density at radius 2 is 1.05 bits per heavy atom. The summed E-state index contributed by atoms with van der Waals surface area (Å²) in [7, 11) is 0. The van der Waals surface area contributed by atoms with Crippen molar-refractivity contribution in [3.63, 3.8) is 0 Å². The zero-order valence-corrected chi connectivity index (χ0v) is 15.3. The van der Waals surface area contributed by atoms with Gasteiger partial charge in [-0.1, -0.05) is 97.8 Å². The lowest BCUT2D eigenvalue weighted by Gasteiger charge is -2.10. The van der Waals surface area contributed by atoms with Crippen LogP contribution >= 0.6 is 0 Å². The van der Waals surface area contributed by atoms with Crippen molar-refractivity contribution >= 4 is 0 Å². The Morgan fingerprint density at radius 3 is 1.64 bits per heavy atom. The number of hydrogen-bond donors (Lipinski definition) is 0. The molecule has 2 radical (unpaired) electrons. The van der Waals surface area contributed by atoms with Crippen LogP contribution in [0.1, 0.15) is 110 Å². The predicted octanol–water partition coefficient (Wildman–Crippen LogP) is 7.54. The van der Waals surface area contributed by atoms with Crippen molar-refractivity contribution in [2.45, 2.75) is 110 Å². The van der Waals surface area contributed by atoms with E-state index in [1.165, 1.54) is 70.6 Å². The van der Waals surface area contributed by atoms with E-state index >= 15 is 0 Å². The Hall–Kier alpha value is -0.440. The second-order valence-electron chi connectivity index (χ2n) is 6.78. The summed E-state index contributed by atoms with van der Waals surface area (Å²) >= 11 is 0. The molecule has 0 aliphatic carbocycles. The normalized spacial score (nSPS) is 12.0. The number of rotatable bonds is 15. The molecule has 0 aromatic carbocycles. The van der Waals surface area contributed by atoms with Gasteiger partial charge in [0.15, 0.2) is 0 Å². The van der Waals surface area contributed by atoms with Crippen LogP contribution in [0.15, 0.2) is 0 Å². The van der Waals surface area contributed by atoms with Gasteiger partial charge in [0.25, 0.3) is 0 Å². The smallest absolute Gasteiger partial charge is 0.00886 e. The van der Waals surface area contributed by atoms with Crippen LogP contribution in [0.4, 0.5) is 0 Å². The average Bonchev–Trinajstić information content (AvgIpc) is 2.52. The highest BCUT2D eigenvalue weighted by Crippen LogP contribution is 2.18. The summed E-state index contributed by atoms with van der Waals surface area (Å²) < 4.78 is 0. The van der Waals surface area contributed by atoms with Crippen molar-refractivity contribution in [1.82, 2.24) is 0 Å². The summed E-state index contributed by atoms with van der Waals surface area (Å²) in [6, 6.07) is 0. The molecule has 0 aromatic heterocycles. The molecule has 0 nitrogen and oxygen atoms in total. The molecule has 0 rings (SSSR count). The quantitative estimate of drug-likeness (QED) is 0.216. The third-order valence-electron chi connectivity index (χ3n) is 4.37. The van der Waals surface area contributed by atoms with E-state index in [9.17, 15) is 0 Å². The van der Waals surface area contributed by atoms with Gasteiger partial charge < -0.3 is 0 Å². The Kier molecular flexibility index (Phi) is 18.2. The van der Waals surface area contributed by atoms with Crippen LogP contribution in [0, 0.1) is 31.6 Å². The summed E-state index contributed by atoms with van der Waals surface area (Å²) in [5, 5.41) is 0. The molecule has 0 aliphatic heterocycles. The lowest BCUT2D eigenvalue weighted by molar-refractivity contribution is 0.433. The summed E-state index contributed by atoms with van der Waals surface area (Å²) in [6.45, 7) is 10.2. The van der Waals surface area contributed by atoms with Crippen LogP contribution in [0.2, 0.25) is 0 Å². The minimum Gasteiger partial charge on any atom is -0.103 e. The van der Waals surface area contributed by atoms with Crippen molar-refractivity contribution in [3.05, 3.63) is 13.8 Å². The van der Waals surface area contributed by atoms with Crippen LogP contribution in [-0.4, -0.2) is 0 Å². The first-order valence-corrected chi connectivity index (χ1v) is 9.85. The van der Waals surface area contributed by atoms with E-state index in [0.29, 0.717) is 0 Å². The van der Waals surface area contributed by atoms with Crippen LogP contribution in [-0.2, 0) is 0 Å². The van der Waals surface area contributed by atoms with Gasteiger partial charge >= 0.3 is 0 Å². The molecule has 0 saturated carbocycles. The number of hydrogen-bond acceptors (Lipinski definition) is 0. The van der Waals surface area contributed by atoms with Gasteiger partial charge in [0.05, 0.1) is 0 Å². The molecule has 128 valence electrons. The zero-order chi connectivity index (χ0) is 16.3. The van der Waals surface area contributed by atoms with E-state index in [0.717, 1.165) is 38.0 Å². The highest BCUT2D eigenvalue weighted by Gasteiger charge is 2.01. The average molecular weight is 305 g/mol. The summed E-state index contributed by atoms with van der Waals surface area (Å²) in [5.41, 5.74) is 0. The predicted molar refractivity (Wildman–Crippen MR) is 102 cm³/mol. The fourth-order valence-corrected chi connectivity index (χ4v) is 2.79. The molecule has 0 aromatic rings. The second kappa shape index (κ2) is 18.6. The summed E-state index contributed by atoms with van der Waals surface area (Å²) in [6.07, 6.45) is 20.7. The van der Waals surface area contributed by atoms with Crippen molar-refractivity contribution in [3.8, 4) is 11.8 Å². The van der Waals surface area contributed by atoms with Gasteiger partial charge in [0.2, 0.25) is 0 Å². The monoisotopic (exact) mass is 304 g/mol. The standard InChI is InChI=1S/C22H40/c1-4-6-8-10-12-13-14-15-17-19-21-22(3)20-18-16-11-9-7-5-2/h22H,1-2,4-9,11,13-21H2,3H3. The molecule has 0 heterocycles. The first-order valence-electron chi connectivity index (χ1n) is 9.85. The third-order valence-corrected chi connectivity index (χ3v) is 4.37. The first kappa shape index (κ1) is 21.6. The minimum absolute atomic E-state index is 0.926. The fourth-order valence-electron chi connectivity index (χ4n) is 2.79. The van der Waals surface area contributed by atoms with Gasteiger partial charge in [0.1, 0.15) is 0 Å². The van der Waals surface area contributed by atoms with Crippen LogP contribution in [0.3, 0.4) is 0 Å². The van der Waals surface area contributed by atoms with Gasteiger partial charge in [-0.25, -0.2) is 0 Å². The SMILES string of the molecule is [CH2]CCCC#CCCCCCCC(C)CCCCCCC[CH2]. The van der Waals surface area contributed by atoms with Crippen molar-refractivity contribution < 1.29 is 0 Å². The zero-order valence-electron chi connectivity index (χ0n) is 15.3. The molecule has 0 saturated heterocycles. The summed E-state index contributed by atoms with van der Waals surface area (Å²) in [4.78, 5) is 0. The molecular weight excluding hydrogens is 264 g/mol. The maximum Gasteiger partial charge on any atom is 0.00886 e. The van der Waals surface area contributed by atoms with Gasteiger partial charge in [-0.15, -0.1) is 11.8 Å². The topological polar surface area (TPSA) is 0 Å². The lowest BCUT2D eigenvalue weighted by atomic mass is 9.96. The Balaban J connectivity index is 3.20. The first-order chi connectivity index (χ1) is 10.8. The second-order valence-corrected chi connectivity index (χ2v) is 6.78. The highest BCUT2D eigenvalue weighted by atomic mass is 14.1. The van der Waals surface area contributed by atoms with E-state index in [4.69, 9.17) is 0 Å². The van der Waals surface area contributed by atoms with Crippen LogP contribution in [0.5, 0.6) is 0 Å². The Labute approximate surface area is 141 Å². The Bertz CT molecular complexity index is 255. The molecule has 1 unspecified atom stereocenters. The van der Waals surface area contributed by atoms with E-state index in [2.05, 4.69) is 32.6 Å². The van der Waals surface area contributed by atoms with E-state index in [-0.39, 0.29) is 0 Å². The van der Waals surface area contributed by atoms with Crippen molar-refractivity contribution in [2.24, 2.45) is 5.92 Å². The molecule has 0 fully saturated rings. The van der Waals surface area contributed by atoms with Gasteiger partial charge in [0, 0.05) is 12.8 Å². The maximum absolute atomic E-state index is 3.90. The minimum atomic E-state index is 0.926. The molecule has 0 aliphatic rings. The molecule has 0 spiro atoms. The summed E-state index contributed by atoms with van der Waals surface area (Å²) in [5.74, 6) is 7.46. The molecule has 0 amide bonds. The van der Waals surface area contributed by atoms with E-state index < -0.39 is 0 Å². The van der Waals surface area contributed by atoms with Crippen molar-refractivity contribution in [2.75, 3.05) is 0 Å². The third kappa shape index (κ3) is 17.6. The molecule has 0 N–H and O–H groups in total. The number of unbranched alkanes of at least 4 members (excludes halogenated alkanes) is 11. The van der Waals surface area contributed by atoms with E-state index in [1.807, 2.05) is 0 Å². The van der Waals surface area contributed by atoms with Gasteiger partial charge in [-0.05, 0) is 18.8 Å². The lowest BCUT2D eigenvalue weighted by Crippen LogP contribution is -1.95. The largest absolute Gasteiger partial charge is 0.103 e. The maximum atomic E-state index is 3.90. The molecule has 1 atom stereocenters. The van der Waals surface area contributed by atoms with Crippen molar-refractivity contribution in [1.29, 1.82) is 0 Å². The fraction of sp³-hybridized carbons (Fsp3) is 0.818. The molecule has 22 heavy (non-hydrogen) atoms. The molecular formula is C22H40. The molecule has 0 bridgehead atoms. The Morgan fingerprint density at radius 1 is 0.591 bits per heavy atom. The van der Waals surface area contributed by atoms with Gasteiger partial charge in [-0.2, -0.15) is 0 Å². The highest BCUT2D eigenvalue weighted by molar-refractivity contribution is 4.98. The van der Waals surface area contributed by atoms with Crippen LogP contribution < -0.4 is 0 Å². The van der Waals surface area contributed by atoms with E-state index in [1.54, 1.807) is 0 Å². The van der Waals surface area contributed by atoms with Gasteiger partial charge in [-0.3, -0.25) is 0 Å². The van der Waals surface area contributed by atoms with Crippen LogP contribution in [0.25, 0.3) is 0 Å². The molecule has 0 heteroatoms.